The van der Waals surface area contributed by atoms with Crippen LogP contribution in [0.1, 0.15) is 0 Å². The maximum atomic E-state index is 2.41. The number of aromatic nitrogens is 2. The minimum Gasteiger partial charge on any atom is -0.159 e. The summed E-state index contributed by atoms with van der Waals surface area (Å²) in [4.78, 5) is 0. The SMILES string of the molecule is c1ccc2c(c1)sc1cc3c(cc1c1ccccc21)c1cccc[n+]1c1ccccc1c1cccc[n+]13. The van der Waals surface area contributed by atoms with E-state index in [1.807, 2.05) is 11.3 Å². The summed E-state index contributed by atoms with van der Waals surface area (Å²) in [7, 11) is 0. The van der Waals surface area contributed by atoms with Crippen LogP contribution >= 0.6 is 11.3 Å². The fourth-order valence-electron chi connectivity index (χ4n) is 5.76. The van der Waals surface area contributed by atoms with Crippen molar-refractivity contribution in [3.63, 3.8) is 0 Å². The van der Waals surface area contributed by atoms with E-state index in [-0.39, 0.29) is 0 Å². The smallest absolute Gasteiger partial charge is 0.159 e. The summed E-state index contributed by atoms with van der Waals surface area (Å²) in [6.45, 7) is 0. The summed E-state index contributed by atoms with van der Waals surface area (Å²) >= 11 is 1.87. The summed E-state index contributed by atoms with van der Waals surface area (Å²) in [5.74, 6) is 0. The van der Waals surface area contributed by atoms with Gasteiger partial charge in [0.05, 0.1) is 0 Å². The second kappa shape index (κ2) is 7.95. The first kappa shape index (κ1) is 20.6. The Labute approximate surface area is 217 Å². The van der Waals surface area contributed by atoms with Gasteiger partial charge in [-0.05, 0) is 46.5 Å². The maximum absolute atomic E-state index is 2.41. The Balaban J connectivity index is 1.76. The zero-order chi connectivity index (χ0) is 24.3. The number of pyridine rings is 2. The number of rotatable bonds is 0. The Kier molecular flexibility index (Phi) is 4.42. The van der Waals surface area contributed by atoms with E-state index < -0.39 is 0 Å². The summed E-state index contributed by atoms with van der Waals surface area (Å²) in [5, 5.41) is 7.56. The number of nitrogens with zero attached hydrogens (tertiary/aromatic N) is 2. The highest BCUT2D eigenvalue weighted by Crippen LogP contribution is 2.36. The van der Waals surface area contributed by atoms with E-state index in [1.165, 1.54) is 63.8 Å². The molecular formula is C34H22N2S+2. The lowest BCUT2D eigenvalue weighted by Gasteiger charge is -2.03. The molecule has 0 fully saturated rings. The fourth-order valence-corrected chi connectivity index (χ4v) is 6.88. The predicted octanol–water partition coefficient (Wildman–Crippen LogP) is 8.12. The van der Waals surface area contributed by atoms with Crippen molar-refractivity contribution in [1.29, 1.82) is 0 Å². The lowest BCUT2D eigenvalue weighted by molar-refractivity contribution is -0.488. The van der Waals surface area contributed by atoms with Crippen LogP contribution in [0.25, 0.3) is 63.8 Å². The van der Waals surface area contributed by atoms with Crippen LogP contribution < -0.4 is 8.80 Å². The number of fused-ring (bicyclic) bond motifs is 13. The Hall–Kier alpha value is -4.60. The average molecular weight is 491 g/mol. The molecular weight excluding hydrogens is 468 g/mol. The van der Waals surface area contributed by atoms with E-state index in [9.17, 15) is 0 Å². The van der Waals surface area contributed by atoms with Crippen molar-refractivity contribution >= 4 is 75.1 Å². The van der Waals surface area contributed by atoms with Crippen LogP contribution in [0.4, 0.5) is 0 Å². The lowest BCUT2D eigenvalue weighted by Crippen LogP contribution is -2.26. The van der Waals surface area contributed by atoms with Gasteiger partial charge in [-0.3, -0.25) is 0 Å². The van der Waals surface area contributed by atoms with E-state index in [0.717, 1.165) is 0 Å². The van der Waals surface area contributed by atoms with Crippen molar-refractivity contribution in [2.45, 2.75) is 0 Å². The highest BCUT2D eigenvalue weighted by Gasteiger charge is 2.20. The Morgan fingerprint density at radius 3 is 1.59 bits per heavy atom. The molecule has 0 atom stereocenters. The molecule has 0 radical (unpaired) electrons. The monoisotopic (exact) mass is 490 g/mol. The second-order valence-corrected chi connectivity index (χ2v) is 10.5. The number of hydrogen-bond donors (Lipinski definition) is 0. The topological polar surface area (TPSA) is 8.20 Å². The molecule has 3 heteroatoms. The van der Waals surface area contributed by atoms with E-state index in [0.29, 0.717) is 0 Å². The minimum atomic E-state index is 1.18. The molecule has 37 heavy (non-hydrogen) atoms. The lowest BCUT2D eigenvalue weighted by atomic mass is 10.0. The van der Waals surface area contributed by atoms with Gasteiger partial charge in [-0.1, -0.05) is 54.6 Å². The predicted molar refractivity (Wildman–Crippen MR) is 156 cm³/mol. The normalized spacial score (nSPS) is 11.8. The fraction of sp³-hybridized carbons (Fsp3) is 0. The third-order valence-corrected chi connectivity index (χ3v) is 8.54. The quantitative estimate of drug-likeness (QED) is 0.190. The molecule has 4 aromatic heterocycles. The van der Waals surface area contributed by atoms with Gasteiger partial charge in [0, 0.05) is 51.2 Å². The molecule has 8 aromatic rings. The van der Waals surface area contributed by atoms with Gasteiger partial charge in [-0.15, -0.1) is 11.3 Å². The highest BCUT2D eigenvalue weighted by molar-refractivity contribution is 7.24. The Morgan fingerprint density at radius 1 is 0.351 bits per heavy atom. The van der Waals surface area contributed by atoms with Crippen LogP contribution in [-0.2, 0) is 0 Å². The van der Waals surface area contributed by atoms with Crippen LogP contribution in [0, 0.1) is 0 Å². The largest absolute Gasteiger partial charge is 0.226 e. The van der Waals surface area contributed by atoms with Crippen LogP contribution in [0.5, 0.6) is 0 Å². The molecule has 8 rings (SSSR count). The van der Waals surface area contributed by atoms with Gasteiger partial charge in [0.25, 0.3) is 0 Å². The van der Waals surface area contributed by atoms with Gasteiger partial charge in [0.15, 0.2) is 12.4 Å². The van der Waals surface area contributed by atoms with Crippen molar-refractivity contribution < 1.29 is 8.80 Å². The zero-order valence-corrected chi connectivity index (χ0v) is 20.8. The first-order chi connectivity index (χ1) is 18.4. The molecule has 0 saturated carbocycles. The molecule has 0 aliphatic rings. The molecule has 0 aliphatic heterocycles. The van der Waals surface area contributed by atoms with Gasteiger partial charge in [0.1, 0.15) is 10.8 Å². The van der Waals surface area contributed by atoms with E-state index in [2.05, 4.69) is 143 Å². The van der Waals surface area contributed by atoms with Crippen LogP contribution in [-0.4, -0.2) is 0 Å². The Bertz CT molecular complexity index is 2260. The van der Waals surface area contributed by atoms with Crippen molar-refractivity contribution in [3.05, 3.63) is 134 Å². The highest BCUT2D eigenvalue weighted by atomic mass is 32.1. The van der Waals surface area contributed by atoms with Crippen LogP contribution in [0.2, 0.25) is 0 Å². The number of hydrogen-bond acceptors (Lipinski definition) is 1. The number of benzene rings is 4. The summed E-state index contributed by atoms with van der Waals surface area (Å²) < 4.78 is 7.25. The van der Waals surface area contributed by atoms with Gasteiger partial charge in [-0.25, -0.2) is 0 Å². The molecule has 0 N–H and O–H groups in total. The molecule has 0 bridgehead atoms. The molecule has 4 aromatic carbocycles. The third kappa shape index (κ3) is 3.05. The first-order valence-electron chi connectivity index (χ1n) is 12.5. The molecule has 0 unspecified atom stereocenters. The second-order valence-electron chi connectivity index (χ2n) is 9.44. The zero-order valence-electron chi connectivity index (χ0n) is 20.0. The average Bonchev–Trinajstić information content (AvgIpc) is 3.10. The summed E-state index contributed by atoms with van der Waals surface area (Å²) in [5.41, 5.74) is 4.73. The van der Waals surface area contributed by atoms with Gasteiger partial charge >= 0.3 is 0 Å². The molecule has 0 saturated heterocycles. The maximum Gasteiger partial charge on any atom is 0.226 e. The first-order valence-corrected chi connectivity index (χ1v) is 13.3. The van der Waals surface area contributed by atoms with E-state index in [4.69, 9.17) is 0 Å². The van der Waals surface area contributed by atoms with Crippen LogP contribution in [0.3, 0.4) is 0 Å². The Morgan fingerprint density at radius 2 is 0.865 bits per heavy atom. The molecule has 0 spiro atoms. The van der Waals surface area contributed by atoms with Crippen molar-refractivity contribution in [1.82, 2.24) is 0 Å². The molecule has 0 amide bonds. The molecule has 0 aliphatic carbocycles. The van der Waals surface area contributed by atoms with Crippen molar-refractivity contribution in [3.8, 4) is 0 Å². The van der Waals surface area contributed by atoms with E-state index in [1.54, 1.807) is 0 Å². The summed E-state index contributed by atoms with van der Waals surface area (Å²) in [6.07, 6.45) is 4.37. The van der Waals surface area contributed by atoms with E-state index >= 15 is 0 Å². The standard InChI is InChI=1S/C34H22N2S/c1-2-12-24-23(11-1)25-13-4-6-18-33(25)37-34-22-32-28(21-27(24)34)31-17-8-9-19-35(31)29-15-5-3-14-26(29)30-16-7-10-20-36(30)32/h1-22H/q+2. The number of para-hydroxylation sites is 1. The van der Waals surface area contributed by atoms with Gasteiger partial charge < -0.3 is 0 Å². The van der Waals surface area contributed by atoms with Crippen molar-refractivity contribution in [2.75, 3.05) is 0 Å². The minimum absolute atomic E-state index is 1.18. The molecule has 4 heterocycles. The molecule has 172 valence electrons. The van der Waals surface area contributed by atoms with Crippen molar-refractivity contribution in [2.24, 2.45) is 0 Å². The third-order valence-electron chi connectivity index (χ3n) is 7.41. The molecule has 2 nitrogen and oxygen atoms in total. The van der Waals surface area contributed by atoms with Gasteiger partial charge in [-0.2, -0.15) is 8.80 Å². The van der Waals surface area contributed by atoms with Gasteiger partial charge in [0.2, 0.25) is 22.1 Å². The summed E-state index contributed by atoms with van der Waals surface area (Å²) in [6, 6.07) is 44.0. The van der Waals surface area contributed by atoms with Crippen LogP contribution in [0.15, 0.2) is 134 Å².